The number of nitrogens with one attached hydrogen (secondary N) is 1. The van der Waals surface area contributed by atoms with Crippen molar-refractivity contribution >= 4 is 11.8 Å². The topological polar surface area (TPSA) is 31.9 Å². The Labute approximate surface area is 138 Å². The highest BCUT2D eigenvalue weighted by Gasteiger charge is 2.25. The smallest absolute Gasteiger partial charge is 0.128 e. The van der Waals surface area contributed by atoms with Crippen molar-refractivity contribution in [2.75, 3.05) is 5.75 Å². The third-order valence-corrected chi connectivity index (χ3v) is 5.64. The van der Waals surface area contributed by atoms with Gasteiger partial charge in [-0.3, -0.25) is 10.00 Å². The van der Waals surface area contributed by atoms with Crippen LogP contribution in [0.3, 0.4) is 0 Å². The lowest BCUT2D eigenvalue weighted by molar-refractivity contribution is 0.228. The maximum Gasteiger partial charge on any atom is 0.128 e. The van der Waals surface area contributed by atoms with Gasteiger partial charge in [0.15, 0.2) is 0 Å². The summed E-state index contributed by atoms with van der Waals surface area (Å²) < 4.78 is 27.3. The Kier molecular flexibility index (Phi) is 4.82. The van der Waals surface area contributed by atoms with Crippen LogP contribution in [0.5, 0.6) is 0 Å². The minimum atomic E-state index is -0.424. The maximum atomic E-state index is 13.9. The second kappa shape index (κ2) is 6.84. The van der Waals surface area contributed by atoms with Crippen LogP contribution in [-0.4, -0.2) is 26.9 Å². The number of halogens is 2. The van der Waals surface area contributed by atoms with Gasteiger partial charge in [-0.2, -0.15) is 5.10 Å². The number of rotatable bonds is 6. The van der Waals surface area contributed by atoms with E-state index in [4.69, 9.17) is 0 Å². The number of hydrogen-bond acceptors (Lipinski definition) is 3. The summed E-state index contributed by atoms with van der Waals surface area (Å²) in [5.74, 6) is -0.00392. The van der Waals surface area contributed by atoms with Gasteiger partial charge in [0.2, 0.25) is 0 Å². The lowest BCUT2D eigenvalue weighted by Gasteiger charge is -2.25. The third-order valence-electron chi connectivity index (χ3n) is 4.16. The molecule has 2 aromatic rings. The molecule has 1 aliphatic rings. The van der Waals surface area contributed by atoms with Crippen LogP contribution in [0.4, 0.5) is 8.78 Å². The summed E-state index contributed by atoms with van der Waals surface area (Å²) in [6.45, 7) is 7.65. The van der Waals surface area contributed by atoms with Gasteiger partial charge in [-0.05, 0) is 25.1 Å². The molecule has 122 valence electrons. The van der Waals surface area contributed by atoms with Crippen LogP contribution in [0, 0.1) is 11.6 Å². The first kappa shape index (κ1) is 16.2. The summed E-state index contributed by atoms with van der Waals surface area (Å²) in [4.78, 5) is 2.35. The van der Waals surface area contributed by atoms with E-state index in [9.17, 15) is 8.78 Å². The molecular formula is C17H19F2N3S. The summed E-state index contributed by atoms with van der Waals surface area (Å²) in [5.41, 5.74) is 2.75. The van der Waals surface area contributed by atoms with E-state index in [0.29, 0.717) is 11.6 Å². The molecule has 1 aromatic carbocycles. The molecule has 0 fully saturated rings. The Balaban J connectivity index is 1.61. The highest BCUT2D eigenvalue weighted by atomic mass is 32.2. The predicted octanol–water partition coefficient (Wildman–Crippen LogP) is 4.05. The van der Waals surface area contributed by atoms with Gasteiger partial charge >= 0.3 is 0 Å². The van der Waals surface area contributed by atoms with E-state index in [1.807, 2.05) is 6.20 Å². The standard InChI is InChI=1S/C17H19F2N3S/c1-3-17(14-6-13(18)4-5-15(14)19)23-10-11(2)22-8-12-7-20-21-16(12)9-22/h3-7,11,17H,1,8-10H2,2H3,(H,20,21). The first-order valence-corrected chi connectivity index (χ1v) is 8.57. The highest BCUT2D eigenvalue weighted by molar-refractivity contribution is 7.99. The van der Waals surface area contributed by atoms with E-state index in [2.05, 4.69) is 28.6 Å². The molecule has 6 heteroatoms. The number of aromatic amines is 1. The molecule has 2 unspecified atom stereocenters. The molecule has 0 aliphatic carbocycles. The van der Waals surface area contributed by atoms with Crippen molar-refractivity contribution in [3.63, 3.8) is 0 Å². The molecule has 2 atom stereocenters. The first-order chi connectivity index (χ1) is 11.1. The first-order valence-electron chi connectivity index (χ1n) is 7.52. The van der Waals surface area contributed by atoms with Crippen molar-refractivity contribution in [1.82, 2.24) is 15.1 Å². The number of hydrogen-bond donors (Lipinski definition) is 1. The van der Waals surface area contributed by atoms with Gasteiger partial charge in [0.1, 0.15) is 11.6 Å². The summed E-state index contributed by atoms with van der Waals surface area (Å²) in [7, 11) is 0. The third kappa shape index (κ3) is 3.48. The molecule has 0 saturated heterocycles. The zero-order valence-corrected chi connectivity index (χ0v) is 13.7. The monoisotopic (exact) mass is 335 g/mol. The summed E-state index contributed by atoms with van der Waals surface area (Å²) in [5, 5.41) is 6.79. The summed E-state index contributed by atoms with van der Waals surface area (Å²) in [6, 6.07) is 3.88. The molecule has 1 aromatic heterocycles. The zero-order chi connectivity index (χ0) is 16.4. The fourth-order valence-electron chi connectivity index (χ4n) is 2.77. The van der Waals surface area contributed by atoms with Gasteiger partial charge in [-0.1, -0.05) is 6.08 Å². The van der Waals surface area contributed by atoms with Crippen molar-refractivity contribution in [2.45, 2.75) is 31.3 Å². The second-order valence-electron chi connectivity index (χ2n) is 5.78. The minimum Gasteiger partial charge on any atom is -0.290 e. The maximum absolute atomic E-state index is 13.9. The van der Waals surface area contributed by atoms with Gasteiger partial charge in [-0.15, -0.1) is 18.3 Å². The average molecular weight is 335 g/mol. The number of aromatic nitrogens is 2. The van der Waals surface area contributed by atoms with Crippen molar-refractivity contribution < 1.29 is 8.78 Å². The molecule has 23 heavy (non-hydrogen) atoms. The van der Waals surface area contributed by atoms with E-state index in [1.165, 1.54) is 23.4 Å². The van der Waals surface area contributed by atoms with Crippen LogP contribution < -0.4 is 0 Å². The van der Waals surface area contributed by atoms with Gasteiger partial charge in [0.25, 0.3) is 0 Å². The van der Waals surface area contributed by atoms with E-state index in [0.717, 1.165) is 24.9 Å². The molecule has 3 rings (SSSR count). The molecule has 0 spiro atoms. The van der Waals surface area contributed by atoms with Crippen molar-refractivity contribution in [1.29, 1.82) is 0 Å². The Bertz CT molecular complexity index is 680. The van der Waals surface area contributed by atoms with Crippen LogP contribution in [0.2, 0.25) is 0 Å². The van der Waals surface area contributed by atoms with Crippen molar-refractivity contribution in [3.05, 3.63) is 65.5 Å². The molecule has 0 bridgehead atoms. The number of benzene rings is 1. The lowest BCUT2D eigenvalue weighted by Crippen LogP contribution is -2.30. The minimum absolute atomic E-state index is 0.254. The summed E-state index contributed by atoms with van der Waals surface area (Å²) in [6.07, 6.45) is 3.54. The second-order valence-corrected chi connectivity index (χ2v) is 6.96. The molecule has 0 amide bonds. The summed E-state index contributed by atoms with van der Waals surface area (Å²) >= 11 is 1.58. The molecular weight excluding hydrogens is 316 g/mol. The molecule has 0 saturated carbocycles. The van der Waals surface area contributed by atoms with E-state index >= 15 is 0 Å². The van der Waals surface area contributed by atoms with E-state index in [1.54, 1.807) is 17.8 Å². The Morgan fingerprint density at radius 2 is 2.26 bits per heavy atom. The normalized spacial score (nSPS) is 17.0. The van der Waals surface area contributed by atoms with Crippen molar-refractivity contribution in [3.8, 4) is 0 Å². The van der Waals surface area contributed by atoms with Gasteiger partial charge in [0, 0.05) is 36.0 Å². The fourth-order valence-corrected chi connectivity index (χ4v) is 3.96. The molecule has 3 nitrogen and oxygen atoms in total. The van der Waals surface area contributed by atoms with Crippen molar-refractivity contribution in [2.24, 2.45) is 0 Å². The Morgan fingerprint density at radius 1 is 1.43 bits per heavy atom. The number of fused-ring (bicyclic) bond motifs is 1. The van der Waals surface area contributed by atoms with Crippen LogP contribution in [0.1, 0.15) is 29.0 Å². The fraction of sp³-hybridized carbons (Fsp3) is 0.353. The molecule has 1 aliphatic heterocycles. The van der Waals surface area contributed by atoms with Crippen LogP contribution in [0.25, 0.3) is 0 Å². The van der Waals surface area contributed by atoms with Crippen LogP contribution >= 0.6 is 11.8 Å². The SMILES string of the molecule is C=CC(SCC(C)N1Cc2cn[nH]c2C1)c1cc(F)ccc1F. The predicted molar refractivity (Wildman–Crippen MR) is 89.1 cm³/mol. The highest BCUT2D eigenvalue weighted by Crippen LogP contribution is 2.34. The zero-order valence-electron chi connectivity index (χ0n) is 12.9. The molecule has 2 heterocycles. The number of H-pyrrole nitrogens is 1. The molecule has 1 N–H and O–H groups in total. The van der Waals surface area contributed by atoms with Crippen LogP contribution in [-0.2, 0) is 13.1 Å². The number of thioether (sulfide) groups is 1. The molecule has 0 radical (unpaired) electrons. The Hall–Kier alpha value is -1.66. The quantitative estimate of drug-likeness (QED) is 0.808. The number of nitrogens with zero attached hydrogens (tertiary/aromatic N) is 2. The van der Waals surface area contributed by atoms with Gasteiger partial charge in [-0.25, -0.2) is 8.78 Å². The Morgan fingerprint density at radius 3 is 3.00 bits per heavy atom. The van der Waals surface area contributed by atoms with Crippen LogP contribution in [0.15, 0.2) is 37.1 Å². The van der Waals surface area contributed by atoms with E-state index < -0.39 is 11.6 Å². The van der Waals surface area contributed by atoms with Gasteiger partial charge < -0.3 is 0 Å². The lowest BCUT2D eigenvalue weighted by atomic mass is 10.1. The largest absolute Gasteiger partial charge is 0.290 e. The average Bonchev–Trinajstić information content (AvgIpc) is 3.12. The van der Waals surface area contributed by atoms with Gasteiger partial charge in [0.05, 0.1) is 17.1 Å². The van der Waals surface area contributed by atoms with E-state index in [-0.39, 0.29) is 5.25 Å².